The van der Waals surface area contributed by atoms with E-state index >= 15 is 0 Å². The van der Waals surface area contributed by atoms with Gasteiger partial charge < -0.3 is 10.2 Å². The van der Waals surface area contributed by atoms with Crippen LogP contribution in [0.1, 0.15) is 11.4 Å². The summed E-state index contributed by atoms with van der Waals surface area (Å²) < 4.78 is 5.61. The minimum absolute atomic E-state index is 0.467. The molecule has 1 heterocycles. The molecule has 0 amide bonds. The Bertz CT molecular complexity index is 510. The van der Waals surface area contributed by atoms with Gasteiger partial charge >= 0.3 is 0 Å². The molecule has 2 aromatic rings. The number of benzene rings is 1. The van der Waals surface area contributed by atoms with Gasteiger partial charge in [-0.2, -0.15) is 4.98 Å². The van der Waals surface area contributed by atoms with Crippen LogP contribution < -0.4 is 16.0 Å². The van der Waals surface area contributed by atoms with E-state index < -0.39 is 0 Å². The first-order chi connectivity index (χ1) is 8.17. The molecule has 0 bridgehead atoms. The topological polar surface area (TPSA) is 73.1 Å². The lowest BCUT2D eigenvalue weighted by Gasteiger charge is -2.07. The van der Waals surface area contributed by atoms with Crippen LogP contribution >= 0.6 is 0 Å². The van der Waals surface area contributed by atoms with Crippen LogP contribution in [0.15, 0.2) is 30.3 Å². The average Bonchev–Trinajstić information content (AvgIpc) is 2.31. The number of ether oxygens (including phenoxy) is 1. The van der Waals surface area contributed by atoms with Gasteiger partial charge in [0.15, 0.2) is 0 Å². The molecule has 17 heavy (non-hydrogen) atoms. The first kappa shape index (κ1) is 11.3. The van der Waals surface area contributed by atoms with Crippen molar-refractivity contribution >= 4 is 5.82 Å². The number of anilines is 1. The highest BCUT2D eigenvalue weighted by Crippen LogP contribution is 2.21. The summed E-state index contributed by atoms with van der Waals surface area (Å²) in [6.07, 6.45) is 0. The predicted octanol–water partition coefficient (Wildman–Crippen LogP) is 2.17. The number of hydrogen-bond acceptors (Lipinski definition) is 5. The first-order valence-corrected chi connectivity index (χ1v) is 5.24. The van der Waals surface area contributed by atoms with Crippen molar-refractivity contribution in [2.75, 3.05) is 5.43 Å². The van der Waals surface area contributed by atoms with Crippen molar-refractivity contribution in [3.8, 4) is 11.6 Å². The molecule has 1 aromatic heterocycles. The van der Waals surface area contributed by atoms with Crippen LogP contribution in [0.2, 0.25) is 0 Å². The van der Waals surface area contributed by atoms with E-state index in [-0.39, 0.29) is 0 Å². The molecule has 0 atom stereocenters. The summed E-state index contributed by atoms with van der Waals surface area (Å²) in [5.74, 6) is 7.63. The summed E-state index contributed by atoms with van der Waals surface area (Å²) >= 11 is 0. The molecule has 5 nitrogen and oxygen atoms in total. The zero-order valence-corrected chi connectivity index (χ0v) is 9.77. The molecule has 0 aliphatic heterocycles. The maximum absolute atomic E-state index is 5.61. The minimum Gasteiger partial charge on any atom is -0.439 e. The van der Waals surface area contributed by atoms with Crippen molar-refractivity contribution in [3.63, 3.8) is 0 Å². The lowest BCUT2D eigenvalue weighted by molar-refractivity contribution is 0.460. The summed E-state index contributed by atoms with van der Waals surface area (Å²) in [6.45, 7) is 3.80. The number of rotatable bonds is 3. The Balaban J connectivity index is 2.23. The van der Waals surface area contributed by atoms with Crippen molar-refractivity contribution in [2.45, 2.75) is 13.8 Å². The monoisotopic (exact) mass is 230 g/mol. The first-order valence-electron chi connectivity index (χ1n) is 5.24. The molecule has 1 aromatic carbocycles. The van der Waals surface area contributed by atoms with Gasteiger partial charge in [0.2, 0.25) is 5.88 Å². The number of nitrogen functional groups attached to an aromatic ring is 1. The molecule has 0 saturated heterocycles. The van der Waals surface area contributed by atoms with Gasteiger partial charge in [0, 0.05) is 6.07 Å². The third kappa shape index (κ3) is 2.92. The quantitative estimate of drug-likeness (QED) is 0.624. The lowest BCUT2D eigenvalue weighted by Crippen LogP contribution is -2.09. The Morgan fingerprint density at radius 3 is 2.47 bits per heavy atom. The summed E-state index contributed by atoms with van der Waals surface area (Å²) in [5, 5.41) is 0. The molecule has 0 fully saturated rings. The van der Waals surface area contributed by atoms with Crippen LogP contribution in [0, 0.1) is 13.8 Å². The van der Waals surface area contributed by atoms with Gasteiger partial charge in [0.05, 0.1) is 0 Å². The Kier molecular flexibility index (Phi) is 3.20. The van der Waals surface area contributed by atoms with Crippen molar-refractivity contribution in [1.82, 2.24) is 9.97 Å². The third-order valence-electron chi connectivity index (χ3n) is 2.21. The normalized spacial score (nSPS) is 10.1. The summed E-state index contributed by atoms with van der Waals surface area (Å²) in [7, 11) is 0. The van der Waals surface area contributed by atoms with E-state index in [0.717, 1.165) is 5.75 Å². The van der Waals surface area contributed by atoms with Crippen LogP contribution in [0.25, 0.3) is 0 Å². The predicted molar refractivity (Wildman–Crippen MR) is 65.8 cm³/mol. The highest BCUT2D eigenvalue weighted by molar-refractivity contribution is 5.39. The number of nitrogens with two attached hydrogens (primary N) is 1. The van der Waals surface area contributed by atoms with Gasteiger partial charge in [-0.05, 0) is 26.0 Å². The van der Waals surface area contributed by atoms with E-state index in [2.05, 4.69) is 15.4 Å². The highest BCUT2D eigenvalue weighted by atomic mass is 16.5. The number of nitrogens with one attached hydrogen (secondary N) is 1. The van der Waals surface area contributed by atoms with Crippen LogP contribution in [-0.4, -0.2) is 9.97 Å². The maximum Gasteiger partial charge on any atom is 0.224 e. The van der Waals surface area contributed by atoms with Crippen LogP contribution in [0.3, 0.4) is 0 Å². The van der Waals surface area contributed by atoms with E-state index in [1.807, 2.05) is 31.2 Å². The van der Waals surface area contributed by atoms with E-state index in [0.29, 0.717) is 17.5 Å². The Morgan fingerprint density at radius 2 is 1.82 bits per heavy atom. The van der Waals surface area contributed by atoms with Gasteiger partial charge in [-0.15, -0.1) is 0 Å². The van der Waals surface area contributed by atoms with E-state index in [9.17, 15) is 0 Å². The van der Waals surface area contributed by atoms with Crippen molar-refractivity contribution in [1.29, 1.82) is 0 Å². The molecule has 0 aliphatic rings. The molecule has 0 saturated carbocycles. The molecule has 0 radical (unpaired) electrons. The summed E-state index contributed by atoms with van der Waals surface area (Å²) in [4.78, 5) is 8.25. The molecule has 0 spiro atoms. The van der Waals surface area contributed by atoms with E-state index in [1.54, 1.807) is 13.0 Å². The largest absolute Gasteiger partial charge is 0.439 e. The Hall–Kier alpha value is -2.14. The zero-order valence-electron chi connectivity index (χ0n) is 9.77. The number of nitrogens with zero attached hydrogens (tertiary/aromatic N) is 2. The van der Waals surface area contributed by atoms with Crippen LogP contribution in [0.4, 0.5) is 5.82 Å². The molecular weight excluding hydrogens is 216 g/mol. The van der Waals surface area contributed by atoms with E-state index in [1.165, 1.54) is 5.56 Å². The highest BCUT2D eigenvalue weighted by Gasteiger charge is 2.03. The Labute approximate surface area is 99.6 Å². The molecule has 0 unspecified atom stereocenters. The standard InChI is InChI=1S/C12H14N4O/c1-8-3-5-10(6-4-8)17-12-7-11(16-13)14-9(2)15-12/h3-7H,13H2,1-2H3,(H,14,15,16). The fourth-order valence-electron chi connectivity index (χ4n) is 1.39. The number of aromatic nitrogens is 2. The van der Waals surface area contributed by atoms with Gasteiger partial charge in [-0.25, -0.2) is 10.8 Å². The van der Waals surface area contributed by atoms with Crippen molar-refractivity contribution < 1.29 is 4.74 Å². The van der Waals surface area contributed by atoms with Gasteiger partial charge in [0.1, 0.15) is 17.4 Å². The molecule has 5 heteroatoms. The number of aryl methyl sites for hydroxylation is 2. The molecule has 0 aliphatic carbocycles. The summed E-state index contributed by atoms with van der Waals surface area (Å²) in [5.41, 5.74) is 3.65. The third-order valence-corrected chi connectivity index (χ3v) is 2.21. The van der Waals surface area contributed by atoms with Gasteiger partial charge in [-0.3, -0.25) is 0 Å². The lowest BCUT2D eigenvalue weighted by atomic mass is 10.2. The Morgan fingerprint density at radius 1 is 1.12 bits per heavy atom. The summed E-state index contributed by atoms with van der Waals surface area (Å²) in [6, 6.07) is 9.38. The smallest absolute Gasteiger partial charge is 0.224 e. The fourth-order valence-corrected chi connectivity index (χ4v) is 1.39. The molecular formula is C12H14N4O. The second-order valence-corrected chi connectivity index (χ2v) is 3.70. The van der Waals surface area contributed by atoms with Crippen molar-refractivity contribution in [3.05, 3.63) is 41.7 Å². The molecule has 88 valence electrons. The van der Waals surface area contributed by atoms with Gasteiger partial charge in [0.25, 0.3) is 0 Å². The average molecular weight is 230 g/mol. The fraction of sp³-hybridized carbons (Fsp3) is 0.167. The van der Waals surface area contributed by atoms with E-state index in [4.69, 9.17) is 10.6 Å². The number of hydrazine groups is 1. The van der Waals surface area contributed by atoms with Crippen LogP contribution in [0.5, 0.6) is 11.6 Å². The second kappa shape index (κ2) is 4.80. The number of hydrogen-bond donors (Lipinski definition) is 2. The zero-order chi connectivity index (χ0) is 12.3. The van der Waals surface area contributed by atoms with Crippen molar-refractivity contribution in [2.24, 2.45) is 5.84 Å². The molecule has 3 N–H and O–H groups in total. The van der Waals surface area contributed by atoms with Gasteiger partial charge in [-0.1, -0.05) is 17.7 Å². The SMILES string of the molecule is Cc1ccc(Oc2cc(NN)nc(C)n2)cc1. The maximum atomic E-state index is 5.61. The van der Waals surface area contributed by atoms with Crippen LogP contribution in [-0.2, 0) is 0 Å². The minimum atomic E-state index is 0.467. The molecule has 2 rings (SSSR count). The second-order valence-electron chi connectivity index (χ2n) is 3.70.